The zero-order valence-electron chi connectivity index (χ0n) is 22.1. The van der Waals surface area contributed by atoms with Crippen molar-refractivity contribution in [2.24, 2.45) is 0 Å². The molecule has 0 radical (unpaired) electrons. The van der Waals surface area contributed by atoms with Crippen LogP contribution in [0.2, 0.25) is 0 Å². The molecule has 6 rings (SSSR count). The third-order valence-electron chi connectivity index (χ3n) is 7.67. The molecule has 1 saturated carbocycles. The molecule has 1 fully saturated rings. The highest BCUT2D eigenvalue weighted by Crippen LogP contribution is 2.48. The molecule has 2 heterocycles. The Labute approximate surface area is 231 Å². The number of hydrogen-bond acceptors (Lipinski definition) is 5. The van der Waals surface area contributed by atoms with Crippen LogP contribution in [0.15, 0.2) is 89.5 Å². The van der Waals surface area contributed by atoms with Crippen LogP contribution >= 0.6 is 0 Å². The summed E-state index contributed by atoms with van der Waals surface area (Å²) in [5, 5.41) is 13.8. The molecular weight excluding hydrogens is 507 g/mol. The number of nitrogens with zero attached hydrogens (tertiary/aromatic N) is 2. The average Bonchev–Trinajstić information content (AvgIpc) is 3.72. The molecule has 5 aromatic rings. The summed E-state index contributed by atoms with van der Waals surface area (Å²) in [4.78, 5) is 16.4. The second kappa shape index (κ2) is 10.1. The summed E-state index contributed by atoms with van der Waals surface area (Å²) in [6.07, 6.45) is 1.87. The van der Waals surface area contributed by atoms with Crippen LogP contribution in [0, 0.1) is 12.7 Å². The van der Waals surface area contributed by atoms with E-state index in [-0.39, 0.29) is 5.75 Å². The van der Waals surface area contributed by atoms with Crippen LogP contribution in [0.3, 0.4) is 0 Å². The van der Waals surface area contributed by atoms with Crippen LogP contribution in [0.4, 0.5) is 4.39 Å². The lowest BCUT2D eigenvalue weighted by Gasteiger charge is -2.11. The maximum atomic E-state index is 14.3. The highest BCUT2D eigenvalue weighted by atomic mass is 19.1. The van der Waals surface area contributed by atoms with E-state index < -0.39 is 17.2 Å². The first kappa shape index (κ1) is 25.5. The molecule has 3 aromatic carbocycles. The molecule has 0 aliphatic heterocycles. The lowest BCUT2D eigenvalue weighted by Crippen LogP contribution is -2.19. The fourth-order valence-electron chi connectivity index (χ4n) is 5.20. The molecule has 2 aromatic heterocycles. The number of halogens is 1. The number of rotatable bonds is 8. The third kappa shape index (κ3) is 4.53. The minimum atomic E-state index is -0.752. The minimum absolute atomic E-state index is 0.164. The first-order valence-electron chi connectivity index (χ1n) is 13.1. The molecule has 6 nitrogen and oxygen atoms in total. The fourth-order valence-corrected chi connectivity index (χ4v) is 5.20. The Morgan fingerprint density at radius 1 is 0.950 bits per heavy atom. The number of aromatic nitrogens is 2. The van der Waals surface area contributed by atoms with E-state index in [9.17, 15) is 14.3 Å². The van der Waals surface area contributed by atoms with Gasteiger partial charge in [0, 0.05) is 28.8 Å². The van der Waals surface area contributed by atoms with Crippen molar-refractivity contribution >= 4 is 5.97 Å². The summed E-state index contributed by atoms with van der Waals surface area (Å²) in [6.45, 7) is 1.90. The second-order valence-corrected chi connectivity index (χ2v) is 10.1. The maximum Gasteiger partial charge on any atom is 0.314 e. The third-order valence-corrected chi connectivity index (χ3v) is 7.67. The summed E-state index contributed by atoms with van der Waals surface area (Å²) >= 11 is 0. The van der Waals surface area contributed by atoms with Gasteiger partial charge in [0.25, 0.3) is 0 Å². The van der Waals surface area contributed by atoms with Gasteiger partial charge in [0.1, 0.15) is 0 Å². The molecule has 0 atom stereocenters. The van der Waals surface area contributed by atoms with Gasteiger partial charge in [-0.15, -0.1) is 0 Å². The van der Waals surface area contributed by atoms with Crippen LogP contribution in [-0.2, 0) is 16.6 Å². The lowest BCUT2D eigenvalue weighted by molar-refractivity contribution is -0.140. The highest BCUT2D eigenvalue weighted by Gasteiger charge is 2.51. The monoisotopic (exact) mass is 534 g/mol. The van der Waals surface area contributed by atoms with Crippen molar-refractivity contribution in [3.63, 3.8) is 0 Å². The highest BCUT2D eigenvalue weighted by molar-refractivity contribution is 5.85. The minimum Gasteiger partial charge on any atom is -0.493 e. The second-order valence-electron chi connectivity index (χ2n) is 10.1. The molecule has 200 valence electrons. The predicted octanol–water partition coefficient (Wildman–Crippen LogP) is 7.23. The van der Waals surface area contributed by atoms with Crippen LogP contribution < -0.4 is 4.74 Å². The molecule has 0 spiro atoms. The standard InChI is InChI=1S/C33H27FN2O4/c1-20-27(19-25-5-3-8-29(35-25)26-6-4-7-28(34)31(26)39-2)30(40-36-20)23-11-9-21(10-12-23)22-13-15-24(16-14-22)33(17-18-33)32(37)38/h3-16H,17-19H2,1-2H3,(H,37,38). The van der Waals surface area contributed by atoms with Gasteiger partial charge in [-0.3, -0.25) is 9.78 Å². The SMILES string of the molecule is COc1c(F)cccc1-c1cccc(Cc2c(C)noc2-c2ccc(-c3ccc(C4(C(=O)O)CC4)cc3)cc2)n1. The Balaban J connectivity index is 1.25. The number of carboxylic acids is 1. The zero-order chi connectivity index (χ0) is 27.9. The summed E-state index contributed by atoms with van der Waals surface area (Å²) in [6, 6.07) is 26.3. The number of hydrogen-bond donors (Lipinski definition) is 1. The van der Waals surface area contributed by atoms with Crippen molar-refractivity contribution < 1.29 is 23.6 Å². The van der Waals surface area contributed by atoms with E-state index in [0.29, 0.717) is 36.3 Å². The normalized spacial score (nSPS) is 13.7. The van der Waals surface area contributed by atoms with E-state index in [0.717, 1.165) is 39.2 Å². The Kier molecular flexibility index (Phi) is 6.42. The van der Waals surface area contributed by atoms with E-state index in [4.69, 9.17) is 14.2 Å². The van der Waals surface area contributed by atoms with Gasteiger partial charge in [-0.05, 0) is 60.7 Å². The van der Waals surface area contributed by atoms with Gasteiger partial charge in [0.05, 0.1) is 23.9 Å². The van der Waals surface area contributed by atoms with Crippen molar-refractivity contribution in [1.29, 1.82) is 0 Å². The number of aryl methyl sites for hydroxylation is 1. The number of para-hydroxylation sites is 1. The Morgan fingerprint density at radius 3 is 2.25 bits per heavy atom. The quantitative estimate of drug-likeness (QED) is 0.226. The topological polar surface area (TPSA) is 85.5 Å². The Bertz CT molecular complexity index is 1700. The fraction of sp³-hybridized carbons (Fsp3) is 0.182. The van der Waals surface area contributed by atoms with E-state index in [2.05, 4.69) is 5.16 Å². The molecule has 40 heavy (non-hydrogen) atoms. The van der Waals surface area contributed by atoms with Gasteiger partial charge in [0.2, 0.25) is 0 Å². The van der Waals surface area contributed by atoms with Gasteiger partial charge in [-0.25, -0.2) is 4.39 Å². The van der Waals surface area contributed by atoms with Crippen molar-refractivity contribution in [3.05, 3.63) is 113 Å². The number of carboxylic acid groups (broad SMARTS) is 1. The first-order chi connectivity index (χ1) is 19.4. The van der Waals surface area contributed by atoms with Gasteiger partial charge < -0.3 is 14.4 Å². The summed E-state index contributed by atoms with van der Waals surface area (Å²) in [5.41, 5.74) is 6.78. The van der Waals surface area contributed by atoms with E-state index in [1.54, 1.807) is 12.1 Å². The smallest absolute Gasteiger partial charge is 0.314 e. The molecular formula is C33H27FN2O4. The van der Waals surface area contributed by atoms with Gasteiger partial charge in [0.15, 0.2) is 17.3 Å². The summed E-state index contributed by atoms with van der Waals surface area (Å²) in [7, 11) is 1.45. The van der Waals surface area contributed by atoms with E-state index >= 15 is 0 Å². The largest absolute Gasteiger partial charge is 0.493 e. The summed E-state index contributed by atoms with van der Waals surface area (Å²) in [5.74, 6) is -0.348. The lowest BCUT2D eigenvalue weighted by atomic mass is 9.93. The molecule has 7 heteroatoms. The zero-order valence-corrected chi connectivity index (χ0v) is 22.1. The molecule has 1 aliphatic rings. The molecule has 1 aliphatic carbocycles. The number of carbonyl (C=O) groups is 1. The van der Waals surface area contributed by atoms with E-state index in [1.165, 1.54) is 13.2 Å². The van der Waals surface area contributed by atoms with Crippen LogP contribution in [0.25, 0.3) is 33.7 Å². The van der Waals surface area contributed by atoms with Crippen molar-refractivity contribution in [1.82, 2.24) is 10.1 Å². The van der Waals surface area contributed by atoms with Gasteiger partial charge in [-0.2, -0.15) is 0 Å². The van der Waals surface area contributed by atoms with Gasteiger partial charge in [-0.1, -0.05) is 65.8 Å². The number of pyridine rings is 1. The van der Waals surface area contributed by atoms with Crippen LogP contribution in [0.1, 0.15) is 35.4 Å². The number of methoxy groups -OCH3 is 1. The average molecular weight is 535 g/mol. The van der Waals surface area contributed by atoms with Crippen molar-refractivity contribution in [2.45, 2.75) is 31.6 Å². The van der Waals surface area contributed by atoms with Crippen LogP contribution in [0.5, 0.6) is 5.75 Å². The number of ether oxygens (including phenoxy) is 1. The molecule has 0 unspecified atom stereocenters. The molecule has 0 saturated heterocycles. The molecule has 0 bridgehead atoms. The molecule has 0 amide bonds. The maximum absolute atomic E-state index is 14.3. The number of aliphatic carboxylic acids is 1. The Hall–Kier alpha value is -4.78. The van der Waals surface area contributed by atoms with Crippen molar-refractivity contribution in [2.75, 3.05) is 7.11 Å². The molecule has 1 N–H and O–H groups in total. The van der Waals surface area contributed by atoms with Crippen molar-refractivity contribution in [3.8, 4) is 39.5 Å². The van der Waals surface area contributed by atoms with Crippen LogP contribution in [-0.4, -0.2) is 28.3 Å². The first-order valence-corrected chi connectivity index (χ1v) is 13.1. The number of benzene rings is 3. The predicted molar refractivity (Wildman–Crippen MR) is 150 cm³/mol. The van der Waals surface area contributed by atoms with E-state index in [1.807, 2.05) is 73.7 Å². The summed E-state index contributed by atoms with van der Waals surface area (Å²) < 4.78 is 25.3. The van der Waals surface area contributed by atoms with Gasteiger partial charge >= 0.3 is 5.97 Å². The Morgan fingerprint density at radius 2 is 1.60 bits per heavy atom.